The van der Waals surface area contributed by atoms with Gasteiger partial charge < -0.3 is 30.0 Å². The van der Waals surface area contributed by atoms with Gasteiger partial charge in [0.05, 0.1) is 47.0 Å². The molecule has 0 atom stereocenters. The number of rotatable bonds is 9. The number of aromatic nitrogens is 5. The van der Waals surface area contributed by atoms with E-state index >= 15 is 0 Å². The van der Waals surface area contributed by atoms with Crippen LogP contribution in [0.5, 0.6) is 0 Å². The van der Waals surface area contributed by atoms with Crippen LogP contribution >= 0.6 is 11.6 Å². The molecule has 17 heteroatoms. The van der Waals surface area contributed by atoms with Crippen LogP contribution in [0.25, 0.3) is 16.9 Å². The topological polar surface area (TPSA) is 154 Å². The Morgan fingerprint density at radius 1 is 1.02 bits per heavy atom. The smallest absolute Gasteiger partial charge is 0.435 e. The molecule has 46 heavy (non-hydrogen) atoms. The lowest BCUT2D eigenvalue weighted by Gasteiger charge is -2.19. The quantitative estimate of drug-likeness (QED) is 0.160. The largest absolute Gasteiger partial charge is 0.465 e. The Hall–Kier alpha value is -5.12. The van der Waals surface area contributed by atoms with E-state index in [2.05, 4.69) is 35.8 Å². The van der Waals surface area contributed by atoms with Crippen molar-refractivity contribution in [1.82, 2.24) is 29.6 Å². The van der Waals surface area contributed by atoms with E-state index in [0.29, 0.717) is 12.4 Å². The molecule has 0 fully saturated rings. The molecular weight excluding hydrogens is 633 g/mol. The number of nitrogens with zero attached hydrogens (tertiary/aromatic N) is 5. The third-order valence-electron chi connectivity index (χ3n) is 6.19. The van der Waals surface area contributed by atoms with E-state index in [9.17, 15) is 27.6 Å². The number of halogens is 4. The Kier molecular flexibility index (Phi) is 9.89. The van der Waals surface area contributed by atoms with Crippen molar-refractivity contribution in [3.63, 3.8) is 0 Å². The highest BCUT2D eigenvalue weighted by atomic mass is 35.5. The van der Waals surface area contributed by atoms with Crippen molar-refractivity contribution in [2.24, 2.45) is 7.05 Å². The van der Waals surface area contributed by atoms with Crippen molar-refractivity contribution in [2.75, 3.05) is 30.8 Å². The van der Waals surface area contributed by atoms with Gasteiger partial charge in [-0.3, -0.25) is 4.79 Å². The second kappa shape index (κ2) is 13.5. The fourth-order valence-corrected chi connectivity index (χ4v) is 4.38. The highest BCUT2D eigenvalue weighted by molar-refractivity contribution is 6.34. The van der Waals surface area contributed by atoms with Crippen LogP contribution in [-0.4, -0.2) is 68.1 Å². The minimum absolute atomic E-state index is 0.0217. The minimum atomic E-state index is -4.83. The monoisotopic (exact) mass is 662 g/mol. The van der Waals surface area contributed by atoms with Crippen molar-refractivity contribution in [3.8, 4) is 16.9 Å². The van der Waals surface area contributed by atoms with Crippen LogP contribution in [0.1, 0.15) is 47.4 Å². The van der Waals surface area contributed by atoms with Gasteiger partial charge in [0.15, 0.2) is 11.5 Å². The van der Waals surface area contributed by atoms with E-state index in [1.165, 1.54) is 55.4 Å². The van der Waals surface area contributed by atoms with E-state index in [1.54, 1.807) is 26.8 Å². The van der Waals surface area contributed by atoms with E-state index in [-0.39, 0.29) is 45.6 Å². The van der Waals surface area contributed by atoms with Gasteiger partial charge in [-0.25, -0.2) is 24.2 Å². The number of hydrogen-bond donors (Lipinski definition) is 3. The molecule has 3 N–H and O–H groups in total. The molecular formula is C29H30ClF3N8O5. The van der Waals surface area contributed by atoms with Gasteiger partial charge in [-0.1, -0.05) is 11.6 Å². The SMILES string of the molecule is COC(=O)c1ccc(NC(=O)c2ncc(-c3cn(-c4ccc(NCCNC(=O)OC(C)(C)C)nc4)nc3C(F)(F)F)n2C)cc1Cl. The van der Waals surface area contributed by atoms with Crippen LogP contribution < -0.4 is 16.0 Å². The summed E-state index contributed by atoms with van der Waals surface area (Å²) in [5, 5.41) is 11.9. The van der Waals surface area contributed by atoms with E-state index in [4.69, 9.17) is 16.3 Å². The zero-order valence-corrected chi connectivity index (χ0v) is 26.1. The number of pyridine rings is 1. The Morgan fingerprint density at radius 2 is 1.76 bits per heavy atom. The number of hydrogen-bond acceptors (Lipinski definition) is 9. The number of anilines is 2. The molecule has 0 unspecified atom stereocenters. The molecule has 0 saturated heterocycles. The van der Waals surface area contributed by atoms with E-state index in [1.807, 2.05) is 0 Å². The normalized spacial score (nSPS) is 11.6. The molecule has 3 aromatic heterocycles. The molecule has 3 heterocycles. The van der Waals surface area contributed by atoms with Crippen LogP contribution in [0.3, 0.4) is 0 Å². The highest BCUT2D eigenvalue weighted by Crippen LogP contribution is 2.37. The van der Waals surface area contributed by atoms with Crippen molar-refractivity contribution >= 4 is 41.1 Å². The lowest BCUT2D eigenvalue weighted by molar-refractivity contribution is -0.140. The highest BCUT2D eigenvalue weighted by Gasteiger charge is 2.39. The lowest BCUT2D eigenvalue weighted by atomic mass is 10.2. The number of ether oxygens (including phenoxy) is 2. The zero-order valence-electron chi connectivity index (χ0n) is 25.3. The number of alkyl halides is 3. The van der Waals surface area contributed by atoms with Crippen LogP contribution in [0.4, 0.5) is 29.5 Å². The zero-order chi connectivity index (χ0) is 33.8. The maximum absolute atomic E-state index is 14.1. The minimum Gasteiger partial charge on any atom is -0.465 e. The summed E-state index contributed by atoms with van der Waals surface area (Å²) >= 11 is 6.11. The van der Waals surface area contributed by atoms with Gasteiger partial charge in [0.2, 0.25) is 0 Å². The maximum Gasteiger partial charge on any atom is 0.435 e. The number of carbonyl (C=O) groups excluding carboxylic acids is 3. The molecule has 2 amide bonds. The number of amides is 2. The standard InChI is InChI=1S/C29H30ClF3N8O5/c1-28(2,3)46-27(44)35-11-10-34-22-9-7-17(13-36-22)41-15-19(23(39-41)29(31,32)33)21-14-37-24(40(21)4)25(42)38-16-6-8-18(20(30)12-16)26(43)45-5/h6-9,12-15H,10-11H2,1-5H3,(H,34,36)(H,35,44)(H,38,42). The number of benzene rings is 1. The van der Waals surface area contributed by atoms with Crippen molar-refractivity contribution in [3.05, 3.63) is 71.0 Å². The third kappa shape index (κ3) is 8.12. The maximum atomic E-state index is 14.1. The number of imidazole rings is 1. The number of methoxy groups -OCH3 is 1. The van der Waals surface area contributed by atoms with Crippen molar-refractivity contribution < 1.29 is 37.0 Å². The molecule has 0 spiro atoms. The summed E-state index contributed by atoms with van der Waals surface area (Å²) in [5.41, 5.74) is -1.61. The van der Waals surface area contributed by atoms with Crippen LogP contribution in [-0.2, 0) is 22.7 Å². The van der Waals surface area contributed by atoms with Gasteiger partial charge in [-0.2, -0.15) is 18.3 Å². The first-order valence-electron chi connectivity index (χ1n) is 13.6. The van der Waals surface area contributed by atoms with Crippen molar-refractivity contribution in [1.29, 1.82) is 0 Å². The molecule has 4 aromatic rings. The summed E-state index contributed by atoms with van der Waals surface area (Å²) < 4.78 is 54.3. The molecule has 0 aliphatic rings. The molecule has 0 radical (unpaired) electrons. The van der Waals surface area contributed by atoms with Crippen LogP contribution in [0.15, 0.2) is 48.9 Å². The van der Waals surface area contributed by atoms with E-state index in [0.717, 1.165) is 10.9 Å². The molecule has 0 bridgehead atoms. The van der Waals surface area contributed by atoms with Gasteiger partial charge in [-0.15, -0.1) is 0 Å². The summed E-state index contributed by atoms with van der Waals surface area (Å²) in [6.45, 7) is 5.81. The Labute approximate surface area is 266 Å². The Balaban J connectivity index is 1.49. The molecule has 13 nitrogen and oxygen atoms in total. The van der Waals surface area contributed by atoms with Gasteiger partial charge in [0.1, 0.15) is 11.4 Å². The number of alkyl carbamates (subject to hydrolysis) is 1. The van der Waals surface area contributed by atoms with Crippen LogP contribution in [0, 0.1) is 0 Å². The molecule has 1 aromatic carbocycles. The Bertz CT molecular complexity index is 1750. The lowest BCUT2D eigenvalue weighted by Crippen LogP contribution is -2.35. The predicted molar refractivity (Wildman–Crippen MR) is 162 cm³/mol. The summed E-state index contributed by atoms with van der Waals surface area (Å²) in [7, 11) is 2.59. The number of esters is 1. The Morgan fingerprint density at radius 3 is 2.37 bits per heavy atom. The van der Waals surface area contributed by atoms with Gasteiger partial charge >= 0.3 is 18.2 Å². The van der Waals surface area contributed by atoms with E-state index < -0.39 is 35.4 Å². The first kappa shape index (κ1) is 33.8. The average Bonchev–Trinajstić information content (AvgIpc) is 3.58. The third-order valence-corrected chi connectivity index (χ3v) is 6.51. The summed E-state index contributed by atoms with van der Waals surface area (Å²) in [4.78, 5) is 44.7. The predicted octanol–water partition coefficient (Wildman–Crippen LogP) is 5.32. The van der Waals surface area contributed by atoms with Gasteiger partial charge in [-0.05, 0) is 51.1 Å². The summed E-state index contributed by atoms with van der Waals surface area (Å²) in [6, 6.07) is 7.18. The number of carbonyl (C=O) groups is 3. The second-order valence-corrected chi connectivity index (χ2v) is 11.2. The molecule has 4 rings (SSSR count). The van der Waals surface area contributed by atoms with Gasteiger partial charge in [0.25, 0.3) is 5.91 Å². The summed E-state index contributed by atoms with van der Waals surface area (Å²) in [5.74, 6) is -1.17. The fraction of sp³-hybridized carbons (Fsp3) is 0.310. The number of nitrogens with one attached hydrogen (secondary N) is 3. The molecule has 0 saturated carbocycles. The molecule has 244 valence electrons. The van der Waals surface area contributed by atoms with Gasteiger partial charge in [0, 0.05) is 32.0 Å². The molecule has 0 aliphatic heterocycles. The summed E-state index contributed by atoms with van der Waals surface area (Å²) in [6.07, 6.45) is -1.76. The second-order valence-electron chi connectivity index (χ2n) is 10.8. The first-order valence-corrected chi connectivity index (χ1v) is 14.0. The van der Waals surface area contributed by atoms with Crippen LogP contribution in [0.2, 0.25) is 5.02 Å². The fourth-order valence-electron chi connectivity index (χ4n) is 4.12. The first-order chi connectivity index (χ1) is 21.6. The molecule has 0 aliphatic carbocycles. The van der Waals surface area contributed by atoms with Crippen molar-refractivity contribution in [2.45, 2.75) is 32.5 Å². The average molecular weight is 663 g/mol.